The molecule has 0 aromatic heterocycles. The summed E-state index contributed by atoms with van der Waals surface area (Å²) in [5, 5.41) is 0. The van der Waals surface area contributed by atoms with Crippen LogP contribution in [-0.4, -0.2) is 13.2 Å². The van der Waals surface area contributed by atoms with Crippen molar-refractivity contribution in [2.75, 3.05) is 7.11 Å². The molecule has 0 heterocycles. The summed E-state index contributed by atoms with van der Waals surface area (Å²) in [5.41, 5.74) is 0.969. The van der Waals surface area contributed by atoms with Gasteiger partial charge in [0, 0.05) is 5.56 Å². The van der Waals surface area contributed by atoms with Gasteiger partial charge in [-0.1, -0.05) is 12.1 Å². The second-order valence-electron chi connectivity index (χ2n) is 3.48. The van der Waals surface area contributed by atoms with Crippen molar-refractivity contribution in [3.8, 4) is 11.5 Å². The molecule has 0 unspecified atom stereocenters. The number of hydrogen-bond donors (Lipinski definition) is 0. The van der Waals surface area contributed by atoms with Crippen LogP contribution in [0.3, 0.4) is 0 Å². The first-order chi connectivity index (χ1) is 7.54. The quantitative estimate of drug-likeness (QED) is 0.792. The van der Waals surface area contributed by atoms with Crippen molar-refractivity contribution in [1.82, 2.24) is 0 Å². The minimum absolute atomic E-state index is 0.109. The van der Waals surface area contributed by atoms with Crippen LogP contribution in [0, 0.1) is 0 Å². The fourth-order valence-corrected chi connectivity index (χ4v) is 1.78. The number of methoxy groups -OCH3 is 1. The van der Waals surface area contributed by atoms with Crippen LogP contribution in [0.1, 0.15) is 19.4 Å². The number of ether oxygens (including phenoxy) is 2. The van der Waals surface area contributed by atoms with Gasteiger partial charge in [-0.05, 0) is 57.8 Å². The Labute approximate surface area is 113 Å². The molecule has 0 saturated carbocycles. The third kappa shape index (κ3) is 3.83. The molecule has 0 N–H and O–H groups in total. The third-order valence-corrected chi connectivity index (χ3v) is 2.31. The van der Waals surface area contributed by atoms with Crippen molar-refractivity contribution in [2.45, 2.75) is 20.0 Å². The maximum absolute atomic E-state index is 5.76. The molecule has 4 heteroatoms. The molecule has 0 fully saturated rings. The van der Waals surface area contributed by atoms with Crippen molar-refractivity contribution >= 4 is 37.9 Å². The van der Waals surface area contributed by atoms with Gasteiger partial charge in [-0.25, -0.2) is 0 Å². The van der Waals surface area contributed by atoms with E-state index >= 15 is 0 Å². The molecule has 0 amide bonds. The molecule has 1 aromatic carbocycles. The van der Waals surface area contributed by atoms with E-state index in [1.807, 2.05) is 38.1 Å². The summed E-state index contributed by atoms with van der Waals surface area (Å²) in [7, 11) is 1.64. The molecule has 0 aliphatic rings. The molecule has 0 atom stereocenters. The molecule has 0 radical (unpaired) electrons. The van der Waals surface area contributed by atoms with Gasteiger partial charge in [0.25, 0.3) is 0 Å². The lowest BCUT2D eigenvalue weighted by Crippen LogP contribution is -2.07. The Morgan fingerprint density at radius 2 is 2.00 bits per heavy atom. The van der Waals surface area contributed by atoms with E-state index in [0.29, 0.717) is 0 Å². The smallest absolute Gasteiger partial charge is 0.168 e. The molecule has 0 spiro atoms. The van der Waals surface area contributed by atoms with E-state index in [1.165, 1.54) is 0 Å². The van der Waals surface area contributed by atoms with E-state index in [1.54, 1.807) is 7.11 Å². The third-order valence-electron chi connectivity index (χ3n) is 1.85. The second kappa shape index (κ2) is 6.30. The van der Waals surface area contributed by atoms with Gasteiger partial charge < -0.3 is 9.47 Å². The fourth-order valence-electron chi connectivity index (χ4n) is 1.29. The van der Waals surface area contributed by atoms with E-state index in [0.717, 1.165) is 20.5 Å². The van der Waals surface area contributed by atoms with E-state index < -0.39 is 0 Å². The molecule has 1 rings (SSSR count). The molecular formula is C12H14Br2O2. The monoisotopic (exact) mass is 348 g/mol. The summed E-state index contributed by atoms with van der Waals surface area (Å²) in [6.45, 7) is 3.98. The van der Waals surface area contributed by atoms with Crippen LogP contribution in [0.25, 0.3) is 6.08 Å². The van der Waals surface area contributed by atoms with Gasteiger partial charge >= 0.3 is 0 Å². The minimum atomic E-state index is 0.109. The summed E-state index contributed by atoms with van der Waals surface area (Å²) in [6.07, 6.45) is 2.04. The van der Waals surface area contributed by atoms with Gasteiger partial charge in [0.15, 0.2) is 11.5 Å². The Hall–Kier alpha value is -0.480. The van der Waals surface area contributed by atoms with Crippen molar-refractivity contribution in [3.05, 3.63) is 27.2 Å². The van der Waals surface area contributed by atoms with Crippen LogP contribution in [0.5, 0.6) is 11.5 Å². The largest absolute Gasteiger partial charge is 0.493 e. The summed E-state index contributed by atoms with van der Waals surface area (Å²) in [6, 6.07) is 5.79. The maximum Gasteiger partial charge on any atom is 0.168 e. The van der Waals surface area contributed by atoms with Crippen LogP contribution < -0.4 is 9.47 Å². The van der Waals surface area contributed by atoms with Gasteiger partial charge in [-0.2, -0.15) is 0 Å². The van der Waals surface area contributed by atoms with Crippen LogP contribution in [-0.2, 0) is 0 Å². The lowest BCUT2D eigenvalue weighted by molar-refractivity contribution is 0.229. The van der Waals surface area contributed by atoms with Crippen molar-refractivity contribution in [1.29, 1.82) is 0 Å². The molecule has 0 aliphatic heterocycles. The highest BCUT2D eigenvalue weighted by Crippen LogP contribution is 2.34. The number of halogens is 2. The number of para-hydroxylation sites is 1. The molecule has 0 aliphatic carbocycles. The van der Waals surface area contributed by atoms with E-state index in [4.69, 9.17) is 9.47 Å². The topological polar surface area (TPSA) is 18.5 Å². The highest BCUT2D eigenvalue weighted by molar-refractivity contribution is 9.28. The van der Waals surface area contributed by atoms with Crippen molar-refractivity contribution in [3.63, 3.8) is 0 Å². The maximum atomic E-state index is 5.76. The highest BCUT2D eigenvalue weighted by Gasteiger charge is 2.10. The van der Waals surface area contributed by atoms with E-state index in [9.17, 15) is 0 Å². The first kappa shape index (κ1) is 13.6. The molecule has 1 aromatic rings. The molecule has 0 saturated heterocycles. The zero-order valence-corrected chi connectivity index (χ0v) is 12.6. The molecule has 88 valence electrons. The Balaban J connectivity index is 3.20. The standard InChI is InChI=1S/C12H14Br2O2/c1-8(2)16-12-9(7-11(13)14)5-4-6-10(12)15-3/h4-8H,1-3H3. The van der Waals surface area contributed by atoms with E-state index in [-0.39, 0.29) is 6.10 Å². The zero-order chi connectivity index (χ0) is 12.1. The van der Waals surface area contributed by atoms with Crippen LogP contribution in [0.4, 0.5) is 0 Å². The lowest BCUT2D eigenvalue weighted by atomic mass is 10.2. The average Bonchev–Trinajstić information content (AvgIpc) is 2.19. The van der Waals surface area contributed by atoms with Crippen molar-refractivity contribution < 1.29 is 9.47 Å². The molecule has 0 bridgehead atoms. The zero-order valence-electron chi connectivity index (χ0n) is 9.46. The summed E-state index contributed by atoms with van der Waals surface area (Å²) >= 11 is 6.68. The second-order valence-corrected chi connectivity index (χ2v) is 6.25. The van der Waals surface area contributed by atoms with Crippen molar-refractivity contribution in [2.24, 2.45) is 0 Å². The van der Waals surface area contributed by atoms with Gasteiger partial charge in [0.05, 0.1) is 16.6 Å². The minimum Gasteiger partial charge on any atom is -0.493 e. The number of benzene rings is 1. The summed E-state index contributed by atoms with van der Waals surface area (Å²) in [5.74, 6) is 1.50. The summed E-state index contributed by atoms with van der Waals surface area (Å²) in [4.78, 5) is 0. The number of hydrogen-bond acceptors (Lipinski definition) is 2. The van der Waals surface area contributed by atoms with Gasteiger partial charge in [0.1, 0.15) is 0 Å². The Morgan fingerprint density at radius 3 is 2.50 bits per heavy atom. The predicted octanol–water partition coefficient (Wildman–Crippen LogP) is 4.57. The predicted molar refractivity (Wildman–Crippen MR) is 74.6 cm³/mol. The molecule has 2 nitrogen and oxygen atoms in total. The Bertz CT molecular complexity index is 383. The van der Waals surface area contributed by atoms with E-state index in [2.05, 4.69) is 31.9 Å². The Kier molecular flexibility index (Phi) is 5.35. The van der Waals surface area contributed by atoms with Crippen LogP contribution in [0.15, 0.2) is 21.6 Å². The first-order valence-electron chi connectivity index (χ1n) is 4.91. The van der Waals surface area contributed by atoms with Gasteiger partial charge in [-0.15, -0.1) is 0 Å². The molecular weight excluding hydrogens is 336 g/mol. The fraction of sp³-hybridized carbons (Fsp3) is 0.333. The lowest BCUT2D eigenvalue weighted by Gasteiger charge is -2.15. The summed E-state index contributed by atoms with van der Waals surface area (Å²) < 4.78 is 11.9. The normalized spacial score (nSPS) is 10.1. The van der Waals surface area contributed by atoms with Crippen LogP contribution >= 0.6 is 31.9 Å². The average molecular weight is 350 g/mol. The number of rotatable bonds is 4. The van der Waals surface area contributed by atoms with Gasteiger partial charge in [0.2, 0.25) is 0 Å². The highest BCUT2D eigenvalue weighted by atomic mass is 79.9. The van der Waals surface area contributed by atoms with Gasteiger partial charge in [-0.3, -0.25) is 0 Å². The molecule has 16 heavy (non-hydrogen) atoms. The SMILES string of the molecule is COc1cccc(C=C(Br)Br)c1OC(C)C. The Morgan fingerprint density at radius 1 is 1.31 bits per heavy atom. The first-order valence-corrected chi connectivity index (χ1v) is 6.49. The van der Waals surface area contributed by atoms with Crippen LogP contribution in [0.2, 0.25) is 0 Å².